The Bertz CT molecular complexity index is 2670. The molecule has 2 aromatic heterocycles. The van der Waals surface area contributed by atoms with Crippen molar-refractivity contribution >= 4 is 27.8 Å². The van der Waals surface area contributed by atoms with Gasteiger partial charge in [0.1, 0.15) is 11.3 Å². The van der Waals surface area contributed by atoms with Crippen LogP contribution in [0.5, 0.6) is 0 Å². The van der Waals surface area contributed by atoms with Crippen LogP contribution in [0.1, 0.15) is 17.2 Å². The number of imidazole rings is 1. The average molecular weight is 643 g/mol. The van der Waals surface area contributed by atoms with Crippen molar-refractivity contribution in [2.24, 2.45) is 0 Å². The SMILES string of the molecule is c1ccc(-c2nc3c4c(ccc3o2)C(c2ccc(-c3cccc(-n5c(-c6ccccc6)nc6ccccc65)c3)cc2)Nc2ccccc2-4)cc1. The van der Waals surface area contributed by atoms with Gasteiger partial charge in [-0.2, -0.15) is 0 Å². The van der Waals surface area contributed by atoms with E-state index in [2.05, 4.69) is 137 Å². The lowest BCUT2D eigenvalue weighted by Crippen LogP contribution is -2.18. The second-order valence-corrected chi connectivity index (χ2v) is 12.7. The molecule has 1 N–H and O–H groups in total. The summed E-state index contributed by atoms with van der Waals surface area (Å²) >= 11 is 0. The van der Waals surface area contributed by atoms with Crippen LogP contribution in [0.4, 0.5) is 5.69 Å². The van der Waals surface area contributed by atoms with E-state index >= 15 is 0 Å². The van der Waals surface area contributed by atoms with Gasteiger partial charge in [-0.15, -0.1) is 0 Å². The molecule has 0 aliphatic carbocycles. The summed E-state index contributed by atoms with van der Waals surface area (Å²) in [6.07, 6.45) is 0. The Kier molecular flexibility index (Phi) is 6.49. The maximum atomic E-state index is 6.30. The normalized spacial score (nSPS) is 13.6. The molecule has 236 valence electrons. The molecule has 0 spiro atoms. The largest absolute Gasteiger partial charge is 0.436 e. The van der Waals surface area contributed by atoms with E-state index in [1.54, 1.807) is 0 Å². The molecule has 50 heavy (non-hydrogen) atoms. The molecule has 1 aliphatic heterocycles. The number of rotatable bonds is 5. The smallest absolute Gasteiger partial charge is 0.227 e. The number of para-hydroxylation sites is 3. The Labute approximate surface area is 289 Å². The van der Waals surface area contributed by atoms with E-state index in [1.807, 2.05) is 42.5 Å². The molecule has 1 aliphatic rings. The monoisotopic (exact) mass is 642 g/mol. The van der Waals surface area contributed by atoms with Crippen molar-refractivity contribution in [2.45, 2.75) is 6.04 Å². The van der Waals surface area contributed by atoms with Crippen LogP contribution in [-0.4, -0.2) is 14.5 Å². The van der Waals surface area contributed by atoms with E-state index in [1.165, 1.54) is 11.1 Å². The van der Waals surface area contributed by atoms with Gasteiger partial charge in [0.25, 0.3) is 0 Å². The van der Waals surface area contributed by atoms with Crippen molar-refractivity contribution in [3.63, 3.8) is 0 Å². The fourth-order valence-electron chi connectivity index (χ4n) is 7.32. The zero-order valence-electron chi connectivity index (χ0n) is 27.0. The average Bonchev–Trinajstić information content (AvgIpc) is 3.81. The molecule has 5 heteroatoms. The summed E-state index contributed by atoms with van der Waals surface area (Å²) in [5, 5.41) is 3.83. The van der Waals surface area contributed by atoms with E-state index in [0.29, 0.717) is 5.89 Å². The molecule has 0 saturated carbocycles. The number of benzene rings is 7. The van der Waals surface area contributed by atoms with E-state index in [4.69, 9.17) is 14.4 Å². The van der Waals surface area contributed by atoms with Crippen LogP contribution in [0, 0.1) is 0 Å². The molecule has 1 unspecified atom stereocenters. The highest BCUT2D eigenvalue weighted by molar-refractivity contribution is 6.00. The van der Waals surface area contributed by atoms with Crippen LogP contribution in [0.25, 0.3) is 72.9 Å². The number of anilines is 1. The second-order valence-electron chi connectivity index (χ2n) is 12.7. The predicted molar refractivity (Wildman–Crippen MR) is 202 cm³/mol. The molecule has 7 aromatic carbocycles. The number of hydrogen-bond donors (Lipinski definition) is 1. The van der Waals surface area contributed by atoms with Gasteiger partial charge in [0.05, 0.1) is 17.1 Å². The van der Waals surface area contributed by atoms with Gasteiger partial charge in [0.2, 0.25) is 5.89 Å². The van der Waals surface area contributed by atoms with Crippen molar-refractivity contribution in [2.75, 3.05) is 5.32 Å². The molecule has 0 amide bonds. The Morgan fingerprint density at radius 2 is 1.28 bits per heavy atom. The zero-order chi connectivity index (χ0) is 33.0. The van der Waals surface area contributed by atoms with Crippen LogP contribution in [0.3, 0.4) is 0 Å². The summed E-state index contributed by atoms with van der Waals surface area (Å²) in [5.41, 5.74) is 14.8. The van der Waals surface area contributed by atoms with Crippen molar-refractivity contribution in [3.8, 4) is 50.8 Å². The number of nitrogens with zero attached hydrogens (tertiary/aromatic N) is 3. The van der Waals surface area contributed by atoms with Gasteiger partial charge < -0.3 is 9.73 Å². The van der Waals surface area contributed by atoms with E-state index in [-0.39, 0.29) is 6.04 Å². The molecule has 0 bridgehead atoms. The van der Waals surface area contributed by atoms with Gasteiger partial charge in [-0.25, -0.2) is 9.97 Å². The van der Waals surface area contributed by atoms with Gasteiger partial charge >= 0.3 is 0 Å². The summed E-state index contributed by atoms with van der Waals surface area (Å²) in [6.45, 7) is 0. The van der Waals surface area contributed by atoms with E-state index in [0.717, 1.165) is 72.7 Å². The first-order chi connectivity index (χ1) is 24.8. The van der Waals surface area contributed by atoms with Gasteiger partial charge in [-0.05, 0) is 70.8 Å². The quantitative estimate of drug-likeness (QED) is 0.203. The first-order valence-electron chi connectivity index (χ1n) is 16.9. The fraction of sp³-hybridized carbons (Fsp3) is 0.0222. The lowest BCUT2D eigenvalue weighted by Gasteiger charge is -2.30. The Morgan fingerprint density at radius 1 is 0.560 bits per heavy atom. The first kappa shape index (κ1) is 28.3. The van der Waals surface area contributed by atoms with E-state index < -0.39 is 0 Å². The minimum Gasteiger partial charge on any atom is -0.436 e. The van der Waals surface area contributed by atoms with Crippen molar-refractivity contribution in [3.05, 3.63) is 181 Å². The van der Waals surface area contributed by atoms with Crippen molar-refractivity contribution in [1.29, 1.82) is 0 Å². The molecule has 0 radical (unpaired) electrons. The molecule has 0 fully saturated rings. The first-order valence-corrected chi connectivity index (χ1v) is 16.9. The van der Waals surface area contributed by atoms with Gasteiger partial charge in [0.15, 0.2) is 5.58 Å². The van der Waals surface area contributed by atoms with Gasteiger partial charge in [-0.1, -0.05) is 121 Å². The van der Waals surface area contributed by atoms with Gasteiger partial charge in [-0.3, -0.25) is 4.57 Å². The molecule has 1 atom stereocenters. The highest BCUT2D eigenvalue weighted by atomic mass is 16.3. The summed E-state index contributed by atoms with van der Waals surface area (Å²) in [5.74, 6) is 1.56. The standard InChI is InChI=1S/C45H30N4O/c1-3-12-31(13-4-1)44-47-38-20-9-10-21-39(38)49(44)34-17-11-16-33(28-34)29-22-24-30(25-23-29)42-36-26-27-40-43(41(36)35-18-7-8-19-37(35)46-42)48-45(50-40)32-14-5-2-6-15-32/h1-28,42,46H. The third-order valence-corrected chi connectivity index (χ3v) is 9.70. The maximum absolute atomic E-state index is 6.30. The highest BCUT2D eigenvalue weighted by Gasteiger charge is 2.29. The van der Waals surface area contributed by atoms with E-state index in [9.17, 15) is 0 Å². The van der Waals surface area contributed by atoms with Crippen molar-refractivity contribution in [1.82, 2.24) is 14.5 Å². The van der Waals surface area contributed by atoms with Crippen LogP contribution < -0.4 is 5.32 Å². The second kappa shape index (κ2) is 11.5. The fourth-order valence-corrected chi connectivity index (χ4v) is 7.32. The van der Waals surface area contributed by atoms with Crippen LogP contribution >= 0.6 is 0 Å². The Morgan fingerprint density at radius 3 is 2.12 bits per heavy atom. The molecular formula is C45H30N4O. The minimum absolute atomic E-state index is 0.0488. The molecular weight excluding hydrogens is 613 g/mol. The molecule has 0 saturated heterocycles. The zero-order valence-corrected chi connectivity index (χ0v) is 27.0. The van der Waals surface area contributed by atoms with Crippen LogP contribution in [0.15, 0.2) is 174 Å². The minimum atomic E-state index is -0.0488. The highest BCUT2D eigenvalue weighted by Crippen LogP contribution is 2.47. The summed E-state index contributed by atoms with van der Waals surface area (Å²) < 4.78 is 8.56. The maximum Gasteiger partial charge on any atom is 0.227 e. The lowest BCUT2D eigenvalue weighted by atomic mass is 9.85. The number of oxazole rings is 1. The lowest BCUT2D eigenvalue weighted by molar-refractivity contribution is 0.620. The van der Waals surface area contributed by atoms with Gasteiger partial charge in [0, 0.05) is 33.6 Å². The molecule has 9 aromatic rings. The number of hydrogen-bond acceptors (Lipinski definition) is 4. The number of aromatic nitrogens is 3. The summed E-state index contributed by atoms with van der Waals surface area (Å²) in [4.78, 5) is 10.1. The summed E-state index contributed by atoms with van der Waals surface area (Å²) in [7, 11) is 0. The van der Waals surface area contributed by atoms with Crippen LogP contribution in [-0.2, 0) is 0 Å². The summed E-state index contributed by atoms with van der Waals surface area (Å²) in [6, 6.07) is 59.1. The molecule has 5 nitrogen and oxygen atoms in total. The third-order valence-electron chi connectivity index (χ3n) is 9.70. The molecule has 10 rings (SSSR count). The number of nitrogens with one attached hydrogen (secondary N) is 1. The third kappa shape index (κ3) is 4.63. The number of fused-ring (bicyclic) bond motifs is 6. The Balaban J connectivity index is 1.04. The van der Waals surface area contributed by atoms with Crippen molar-refractivity contribution < 1.29 is 4.42 Å². The topological polar surface area (TPSA) is 55.9 Å². The van der Waals surface area contributed by atoms with Crippen LogP contribution in [0.2, 0.25) is 0 Å². The Hall–Kier alpha value is -6.72. The molecule has 3 heterocycles. The predicted octanol–water partition coefficient (Wildman–Crippen LogP) is 11.3.